The lowest BCUT2D eigenvalue weighted by Crippen LogP contribution is -2.32. The van der Waals surface area contributed by atoms with E-state index in [1.807, 2.05) is 0 Å². The summed E-state index contributed by atoms with van der Waals surface area (Å²) in [4.78, 5) is 20.4. The molecule has 6 nitrogen and oxygen atoms in total. The summed E-state index contributed by atoms with van der Waals surface area (Å²) >= 11 is 0. The predicted octanol–water partition coefficient (Wildman–Crippen LogP) is 2.42. The van der Waals surface area contributed by atoms with Crippen molar-refractivity contribution < 1.29 is 13.2 Å². The van der Waals surface area contributed by atoms with Crippen molar-refractivity contribution in [2.75, 3.05) is 6.54 Å². The number of aromatic nitrogens is 2. The molecular formula is C19H17N3O3S. The van der Waals surface area contributed by atoms with Crippen LogP contribution in [0.1, 0.15) is 21.2 Å². The van der Waals surface area contributed by atoms with E-state index < -0.39 is 15.1 Å². The Morgan fingerprint density at radius 1 is 0.923 bits per heavy atom. The molecular weight excluding hydrogens is 350 g/mol. The zero-order chi connectivity index (χ0) is 18.4. The van der Waals surface area contributed by atoms with Crippen LogP contribution in [0.5, 0.6) is 0 Å². The second-order valence-corrected chi connectivity index (χ2v) is 7.71. The van der Waals surface area contributed by atoms with Crippen LogP contribution >= 0.6 is 0 Å². The molecule has 0 aliphatic rings. The normalized spacial score (nSPS) is 12.3. The van der Waals surface area contributed by atoms with Gasteiger partial charge >= 0.3 is 0 Å². The van der Waals surface area contributed by atoms with E-state index in [4.69, 9.17) is 0 Å². The summed E-state index contributed by atoms with van der Waals surface area (Å²) in [6, 6.07) is 14.7. The van der Waals surface area contributed by atoms with Crippen LogP contribution in [-0.4, -0.2) is 30.8 Å². The number of nitrogens with one attached hydrogen (secondary N) is 1. The summed E-state index contributed by atoms with van der Waals surface area (Å²) in [5.41, 5.74) is 0.938. The molecule has 0 aliphatic carbocycles. The molecule has 0 fully saturated rings. The van der Waals surface area contributed by atoms with Crippen LogP contribution in [0, 0.1) is 0 Å². The maximum atomic E-state index is 13.1. The highest BCUT2D eigenvalue weighted by Crippen LogP contribution is 2.28. The SMILES string of the molecule is O=C(NC[C@@H](c1cccnc1)S(=O)(=O)c1ccccc1)c1ccncc1. The molecule has 2 heterocycles. The minimum atomic E-state index is -3.70. The van der Waals surface area contributed by atoms with Crippen LogP contribution in [-0.2, 0) is 9.84 Å². The summed E-state index contributed by atoms with van der Waals surface area (Å²) in [6.45, 7) is -0.0654. The maximum absolute atomic E-state index is 13.1. The molecule has 132 valence electrons. The summed E-state index contributed by atoms with van der Waals surface area (Å²) in [7, 11) is -3.70. The lowest BCUT2D eigenvalue weighted by atomic mass is 10.2. The van der Waals surface area contributed by atoms with E-state index in [1.165, 1.54) is 18.6 Å². The van der Waals surface area contributed by atoms with E-state index in [9.17, 15) is 13.2 Å². The van der Waals surface area contributed by atoms with Gasteiger partial charge in [-0.2, -0.15) is 0 Å². The average Bonchev–Trinajstić information content (AvgIpc) is 2.70. The number of benzene rings is 1. The summed E-state index contributed by atoms with van der Waals surface area (Å²) in [6.07, 6.45) is 6.09. The number of hydrogen-bond donors (Lipinski definition) is 1. The molecule has 3 aromatic rings. The highest BCUT2D eigenvalue weighted by atomic mass is 32.2. The first-order valence-electron chi connectivity index (χ1n) is 7.96. The number of nitrogens with zero attached hydrogens (tertiary/aromatic N) is 2. The minimum Gasteiger partial charge on any atom is -0.350 e. The third-order valence-corrected chi connectivity index (χ3v) is 6.01. The van der Waals surface area contributed by atoms with Gasteiger partial charge in [0, 0.05) is 36.9 Å². The molecule has 2 aromatic heterocycles. The van der Waals surface area contributed by atoms with E-state index in [2.05, 4.69) is 15.3 Å². The Balaban J connectivity index is 1.89. The fourth-order valence-electron chi connectivity index (χ4n) is 2.54. The number of sulfone groups is 1. The first-order chi connectivity index (χ1) is 12.6. The van der Waals surface area contributed by atoms with Crippen LogP contribution in [0.3, 0.4) is 0 Å². The minimum absolute atomic E-state index is 0.0654. The highest BCUT2D eigenvalue weighted by molar-refractivity contribution is 7.91. The number of carbonyl (C=O) groups excluding carboxylic acids is 1. The van der Waals surface area contributed by atoms with Gasteiger partial charge in [0.25, 0.3) is 5.91 Å². The fourth-order valence-corrected chi connectivity index (χ4v) is 4.20. The third-order valence-electron chi connectivity index (χ3n) is 3.89. The number of carbonyl (C=O) groups is 1. The smallest absolute Gasteiger partial charge is 0.251 e. The van der Waals surface area contributed by atoms with E-state index in [0.717, 1.165) is 0 Å². The second-order valence-electron chi connectivity index (χ2n) is 5.58. The Kier molecular flexibility index (Phi) is 5.38. The van der Waals surface area contributed by atoms with Crippen molar-refractivity contribution >= 4 is 15.7 Å². The Morgan fingerprint density at radius 3 is 2.31 bits per heavy atom. The van der Waals surface area contributed by atoms with Crippen LogP contribution < -0.4 is 5.32 Å². The highest BCUT2D eigenvalue weighted by Gasteiger charge is 2.29. The van der Waals surface area contributed by atoms with E-state index in [0.29, 0.717) is 11.1 Å². The van der Waals surface area contributed by atoms with Crippen molar-refractivity contribution in [3.63, 3.8) is 0 Å². The Hall–Kier alpha value is -3.06. The topological polar surface area (TPSA) is 89.0 Å². The molecule has 0 bridgehead atoms. The molecule has 1 N–H and O–H groups in total. The van der Waals surface area contributed by atoms with Crippen LogP contribution in [0.25, 0.3) is 0 Å². The fraction of sp³-hybridized carbons (Fsp3) is 0.105. The molecule has 1 amide bonds. The molecule has 0 aliphatic heterocycles. The molecule has 0 radical (unpaired) electrons. The molecule has 7 heteroatoms. The van der Waals surface area contributed by atoms with Gasteiger partial charge in [-0.15, -0.1) is 0 Å². The number of rotatable bonds is 6. The van der Waals surface area contributed by atoms with Crippen molar-refractivity contribution in [2.24, 2.45) is 0 Å². The summed E-state index contributed by atoms with van der Waals surface area (Å²) in [5, 5.41) is 1.76. The standard InChI is InChI=1S/C19H17N3O3S/c23-19(15-8-11-20-12-9-15)22-14-18(16-5-4-10-21-13-16)26(24,25)17-6-2-1-3-7-17/h1-13,18H,14H2,(H,22,23)/t18-/m0/s1. The Bertz CT molecular complexity index is 963. The third kappa shape index (κ3) is 3.94. The van der Waals surface area contributed by atoms with Crippen LogP contribution in [0.15, 0.2) is 84.3 Å². The molecule has 26 heavy (non-hydrogen) atoms. The van der Waals surface area contributed by atoms with E-state index in [1.54, 1.807) is 60.8 Å². The zero-order valence-corrected chi connectivity index (χ0v) is 14.6. The quantitative estimate of drug-likeness (QED) is 0.723. The van der Waals surface area contributed by atoms with Gasteiger partial charge in [0.1, 0.15) is 5.25 Å². The number of amides is 1. The molecule has 1 atom stereocenters. The molecule has 1 aromatic carbocycles. The van der Waals surface area contributed by atoms with Crippen molar-refractivity contribution in [2.45, 2.75) is 10.1 Å². The molecule has 0 spiro atoms. The second kappa shape index (κ2) is 7.88. The van der Waals surface area contributed by atoms with E-state index in [-0.39, 0.29) is 17.3 Å². The van der Waals surface area contributed by atoms with Crippen LogP contribution in [0.4, 0.5) is 0 Å². The van der Waals surface area contributed by atoms with Gasteiger partial charge in [-0.1, -0.05) is 24.3 Å². The van der Waals surface area contributed by atoms with Crippen molar-refractivity contribution in [1.29, 1.82) is 0 Å². The summed E-state index contributed by atoms with van der Waals surface area (Å²) < 4.78 is 26.2. The lowest BCUT2D eigenvalue weighted by molar-refractivity contribution is 0.0953. The van der Waals surface area contributed by atoms with Crippen LogP contribution in [0.2, 0.25) is 0 Å². The number of pyridine rings is 2. The van der Waals surface area contributed by atoms with Gasteiger partial charge in [0.05, 0.1) is 4.90 Å². The van der Waals surface area contributed by atoms with Gasteiger partial charge in [-0.3, -0.25) is 14.8 Å². The summed E-state index contributed by atoms with van der Waals surface area (Å²) in [5.74, 6) is -0.357. The van der Waals surface area contributed by atoms with Gasteiger partial charge in [-0.05, 0) is 35.9 Å². The Labute approximate surface area is 151 Å². The molecule has 0 unspecified atom stereocenters. The molecule has 3 rings (SSSR count). The monoisotopic (exact) mass is 367 g/mol. The average molecular weight is 367 g/mol. The van der Waals surface area contributed by atoms with Crippen molar-refractivity contribution in [1.82, 2.24) is 15.3 Å². The largest absolute Gasteiger partial charge is 0.350 e. The van der Waals surface area contributed by atoms with Crippen molar-refractivity contribution in [3.05, 3.63) is 90.5 Å². The van der Waals surface area contributed by atoms with Crippen molar-refractivity contribution in [3.8, 4) is 0 Å². The first-order valence-corrected chi connectivity index (χ1v) is 9.51. The van der Waals surface area contributed by atoms with Gasteiger partial charge in [-0.25, -0.2) is 8.42 Å². The van der Waals surface area contributed by atoms with Gasteiger partial charge < -0.3 is 5.32 Å². The lowest BCUT2D eigenvalue weighted by Gasteiger charge is -2.18. The first kappa shape index (κ1) is 17.8. The predicted molar refractivity (Wildman–Crippen MR) is 97.2 cm³/mol. The number of hydrogen-bond acceptors (Lipinski definition) is 5. The molecule has 0 saturated carbocycles. The zero-order valence-electron chi connectivity index (χ0n) is 13.8. The maximum Gasteiger partial charge on any atom is 0.251 e. The van der Waals surface area contributed by atoms with Gasteiger partial charge in [0.2, 0.25) is 0 Å². The molecule has 0 saturated heterocycles. The van der Waals surface area contributed by atoms with Gasteiger partial charge in [0.15, 0.2) is 9.84 Å². The van der Waals surface area contributed by atoms with E-state index >= 15 is 0 Å². The Morgan fingerprint density at radius 2 is 1.65 bits per heavy atom.